The van der Waals surface area contributed by atoms with Gasteiger partial charge in [-0.1, -0.05) is 19.9 Å². The molecule has 208 valence electrons. The van der Waals surface area contributed by atoms with E-state index in [4.69, 9.17) is 5.11 Å². The maximum Gasteiger partial charge on any atom is 0.405 e. The summed E-state index contributed by atoms with van der Waals surface area (Å²) < 4.78 is 15.7. The van der Waals surface area contributed by atoms with Crippen LogP contribution in [0, 0.1) is 11.7 Å². The van der Waals surface area contributed by atoms with Gasteiger partial charge >= 0.3 is 6.09 Å². The summed E-state index contributed by atoms with van der Waals surface area (Å²) in [6.45, 7) is 4.01. The molecule has 4 N–H and O–H groups in total. The van der Waals surface area contributed by atoms with E-state index in [1.165, 1.54) is 27.8 Å². The summed E-state index contributed by atoms with van der Waals surface area (Å²) in [5.74, 6) is -0.929. The van der Waals surface area contributed by atoms with Crippen LogP contribution in [-0.4, -0.2) is 67.6 Å². The molecule has 0 bridgehead atoms. The Kier molecular flexibility index (Phi) is 9.52. The molecule has 13 heteroatoms. The maximum atomic E-state index is 14.4. The first-order valence-corrected chi connectivity index (χ1v) is 12.4. The van der Waals surface area contributed by atoms with Crippen LogP contribution in [0.5, 0.6) is 0 Å². The number of imidazole rings is 1. The number of rotatable bonds is 11. The van der Waals surface area contributed by atoms with Crippen molar-refractivity contribution in [3.8, 4) is 0 Å². The smallest absolute Gasteiger partial charge is 0.405 e. The van der Waals surface area contributed by atoms with E-state index in [2.05, 4.69) is 25.6 Å². The van der Waals surface area contributed by atoms with Crippen molar-refractivity contribution in [3.63, 3.8) is 0 Å². The van der Waals surface area contributed by atoms with Crippen LogP contribution in [0.25, 0.3) is 11.0 Å². The van der Waals surface area contributed by atoms with Gasteiger partial charge in [-0.15, -0.1) is 0 Å². The SMILES string of the molecule is CC(C)Cc1ncc(F)c2nc(Cn3cccc(NC(=O)[C@H](CC/C=C/C(=O)N(C)C)NC(=O)O)c3=O)[nH]c12. The topological polar surface area (TPSA) is 162 Å². The van der Waals surface area contributed by atoms with Crippen LogP contribution in [-0.2, 0) is 22.6 Å². The molecule has 0 radical (unpaired) electrons. The average molecular weight is 542 g/mol. The highest BCUT2D eigenvalue weighted by molar-refractivity contribution is 5.96. The maximum absolute atomic E-state index is 14.4. The molecule has 0 aliphatic heterocycles. The Bertz CT molecular complexity index is 1440. The summed E-state index contributed by atoms with van der Waals surface area (Å²) in [6.07, 6.45) is 5.02. The third-order valence-electron chi connectivity index (χ3n) is 5.74. The number of amides is 3. The molecule has 0 saturated carbocycles. The number of allylic oxidation sites excluding steroid dienone is 1. The van der Waals surface area contributed by atoms with E-state index in [0.29, 0.717) is 23.5 Å². The lowest BCUT2D eigenvalue weighted by molar-refractivity contribution is -0.123. The molecule has 0 aliphatic rings. The molecule has 1 atom stereocenters. The molecule has 0 fully saturated rings. The number of hydrogen-bond acceptors (Lipinski definition) is 6. The summed E-state index contributed by atoms with van der Waals surface area (Å²) in [4.78, 5) is 61.7. The van der Waals surface area contributed by atoms with E-state index in [-0.39, 0.29) is 42.4 Å². The Balaban J connectivity index is 1.77. The number of anilines is 1. The van der Waals surface area contributed by atoms with Crippen molar-refractivity contribution in [1.82, 2.24) is 29.7 Å². The quantitative estimate of drug-likeness (QED) is 0.271. The molecule has 39 heavy (non-hydrogen) atoms. The van der Waals surface area contributed by atoms with Crippen molar-refractivity contribution >= 4 is 34.6 Å². The number of carbonyl (C=O) groups excluding carboxylic acids is 2. The highest BCUT2D eigenvalue weighted by Crippen LogP contribution is 2.20. The Morgan fingerprint density at radius 3 is 2.69 bits per heavy atom. The molecule has 3 heterocycles. The molecular formula is C26H32FN7O5. The predicted molar refractivity (Wildman–Crippen MR) is 143 cm³/mol. The molecule has 3 amide bonds. The lowest BCUT2D eigenvalue weighted by atomic mass is 10.1. The average Bonchev–Trinajstić information content (AvgIpc) is 3.29. The van der Waals surface area contributed by atoms with Gasteiger partial charge in [0.15, 0.2) is 5.82 Å². The summed E-state index contributed by atoms with van der Waals surface area (Å²) in [7, 11) is 3.19. The number of halogens is 1. The number of likely N-dealkylation sites (N-methyl/N-ethyl adjacent to an activating group) is 1. The van der Waals surface area contributed by atoms with Crippen molar-refractivity contribution in [2.45, 2.75) is 45.7 Å². The fourth-order valence-corrected chi connectivity index (χ4v) is 3.83. The molecular weight excluding hydrogens is 509 g/mol. The summed E-state index contributed by atoms with van der Waals surface area (Å²) in [6, 6.07) is 1.77. The van der Waals surface area contributed by atoms with Gasteiger partial charge in [-0.05, 0) is 43.4 Å². The lowest BCUT2D eigenvalue weighted by Gasteiger charge is -2.16. The number of fused-ring (bicyclic) bond motifs is 1. The van der Waals surface area contributed by atoms with Crippen LogP contribution in [0.15, 0.2) is 41.5 Å². The molecule has 3 rings (SSSR count). The number of carbonyl (C=O) groups is 3. The number of nitrogens with zero attached hydrogens (tertiary/aromatic N) is 4. The normalized spacial score (nSPS) is 12.2. The summed E-state index contributed by atoms with van der Waals surface area (Å²) in [5, 5.41) is 13.8. The summed E-state index contributed by atoms with van der Waals surface area (Å²) in [5.41, 5.74) is 0.656. The Morgan fingerprint density at radius 2 is 2.03 bits per heavy atom. The second kappa shape index (κ2) is 12.8. The van der Waals surface area contributed by atoms with Crippen LogP contribution < -0.4 is 16.2 Å². The largest absolute Gasteiger partial charge is 0.465 e. The van der Waals surface area contributed by atoms with Gasteiger partial charge in [-0.25, -0.2) is 14.2 Å². The Labute approximate surface area is 223 Å². The first-order valence-electron chi connectivity index (χ1n) is 12.4. The van der Waals surface area contributed by atoms with Gasteiger partial charge in [0.1, 0.15) is 23.1 Å². The van der Waals surface area contributed by atoms with Crippen molar-refractivity contribution in [1.29, 1.82) is 0 Å². The number of aromatic amines is 1. The van der Waals surface area contributed by atoms with Crippen LogP contribution in [0.2, 0.25) is 0 Å². The zero-order chi connectivity index (χ0) is 28.7. The van der Waals surface area contributed by atoms with Gasteiger partial charge in [-0.3, -0.25) is 19.4 Å². The standard InChI is InChI=1S/C26H32FN7O5/c1-15(2)12-19-23-22(16(27)13-28-19)31-20(32-23)14-34-11-7-9-18(25(34)37)29-24(36)17(30-26(38)39)8-5-6-10-21(35)33(3)4/h6-7,9-11,13,15,17,30H,5,8,12,14H2,1-4H3,(H,29,36)(H,31,32)(H,38,39)/b10-6+/t17-/m0/s1. The number of H-pyrrole nitrogens is 1. The minimum Gasteiger partial charge on any atom is -0.465 e. The molecule has 0 aromatic carbocycles. The van der Waals surface area contributed by atoms with Crippen molar-refractivity contribution in [2.24, 2.45) is 5.92 Å². The minimum atomic E-state index is -1.41. The molecule has 12 nitrogen and oxygen atoms in total. The van der Waals surface area contributed by atoms with Crippen molar-refractivity contribution < 1.29 is 23.9 Å². The molecule has 0 aliphatic carbocycles. The molecule has 3 aromatic rings. The Morgan fingerprint density at radius 1 is 1.28 bits per heavy atom. The number of hydrogen-bond donors (Lipinski definition) is 4. The van der Waals surface area contributed by atoms with Gasteiger partial charge in [0.05, 0.1) is 24.0 Å². The molecule has 0 unspecified atom stereocenters. The van der Waals surface area contributed by atoms with E-state index in [9.17, 15) is 23.6 Å². The minimum absolute atomic E-state index is 0.0285. The lowest BCUT2D eigenvalue weighted by Crippen LogP contribution is -2.44. The highest BCUT2D eigenvalue weighted by Gasteiger charge is 2.21. The summed E-state index contributed by atoms with van der Waals surface area (Å²) >= 11 is 0. The zero-order valence-electron chi connectivity index (χ0n) is 22.2. The van der Waals surface area contributed by atoms with Gasteiger partial charge in [0, 0.05) is 20.3 Å². The first kappa shape index (κ1) is 29.0. The molecule has 0 spiro atoms. The second-order valence-electron chi connectivity index (χ2n) is 9.62. The van der Waals surface area contributed by atoms with Crippen LogP contribution in [0.3, 0.4) is 0 Å². The first-order chi connectivity index (χ1) is 18.5. The molecule has 0 saturated heterocycles. The van der Waals surface area contributed by atoms with Gasteiger partial charge < -0.3 is 30.2 Å². The monoisotopic (exact) mass is 541 g/mol. The Hall–Kier alpha value is -4.55. The number of pyridine rings is 2. The second-order valence-corrected chi connectivity index (χ2v) is 9.62. The highest BCUT2D eigenvalue weighted by atomic mass is 19.1. The van der Waals surface area contributed by atoms with Gasteiger partial charge in [0.2, 0.25) is 11.8 Å². The molecule has 3 aromatic heterocycles. The third-order valence-corrected chi connectivity index (χ3v) is 5.74. The van der Waals surface area contributed by atoms with Crippen molar-refractivity contribution in [2.75, 3.05) is 19.4 Å². The van der Waals surface area contributed by atoms with Gasteiger partial charge in [0.25, 0.3) is 5.56 Å². The van der Waals surface area contributed by atoms with Crippen LogP contribution in [0.4, 0.5) is 14.9 Å². The fourth-order valence-electron chi connectivity index (χ4n) is 3.83. The fraction of sp³-hybridized carbons (Fsp3) is 0.385. The van der Waals surface area contributed by atoms with Crippen LogP contribution in [0.1, 0.15) is 38.2 Å². The number of nitrogens with one attached hydrogen (secondary N) is 3. The number of carboxylic acid groups (broad SMARTS) is 1. The van der Waals surface area contributed by atoms with E-state index in [1.807, 2.05) is 13.8 Å². The van der Waals surface area contributed by atoms with Gasteiger partial charge in [-0.2, -0.15) is 0 Å². The van der Waals surface area contributed by atoms with E-state index >= 15 is 0 Å². The third kappa shape index (κ3) is 7.72. The van der Waals surface area contributed by atoms with E-state index < -0.39 is 29.4 Å². The van der Waals surface area contributed by atoms with E-state index in [1.54, 1.807) is 26.2 Å². The van der Waals surface area contributed by atoms with Crippen molar-refractivity contribution in [3.05, 3.63) is 64.4 Å². The number of aromatic nitrogens is 4. The zero-order valence-corrected chi connectivity index (χ0v) is 22.2. The van der Waals surface area contributed by atoms with Crippen LogP contribution >= 0.6 is 0 Å². The predicted octanol–water partition coefficient (Wildman–Crippen LogP) is 2.50. The van der Waals surface area contributed by atoms with E-state index in [0.717, 1.165) is 6.20 Å².